The fraction of sp³-hybridized carbons (Fsp3) is 0.333. The quantitative estimate of drug-likeness (QED) is 0.617. The van der Waals surface area contributed by atoms with Crippen molar-refractivity contribution >= 4 is 0 Å². The largest absolute Gasteiger partial charge is 0.457 e. The lowest BCUT2D eigenvalue weighted by molar-refractivity contribution is 0.478. The lowest BCUT2D eigenvalue weighted by atomic mass is 10.1. The third kappa shape index (κ3) is 4.13. The van der Waals surface area contributed by atoms with Crippen LogP contribution in [0.1, 0.15) is 37.3 Å². The minimum atomic E-state index is 0.911. The van der Waals surface area contributed by atoms with Gasteiger partial charge in [-0.05, 0) is 49.1 Å². The van der Waals surface area contributed by atoms with Crippen molar-refractivity contribution in [1.82, 2.24) is 0 Å². The van der Waals surface area contributed by atoms with Gasteiger partial charge in [0.25, 0.3) is 0 Å². The molecule has 1 heteroatoms. The first-order chi connectivity index (χ1) is 9.29. The average molecular weight is 254 g/mol. The van der Waals surface area contributed by atoms with Gasteiger partial charge in [-0.25, -0.2) is 0 Å². The predicted molar refractivity (Wildman–Crippen MR) is 80.9 cm³/mol. The third-order valence-corrected chi connectivity index (χ3v) is 3.31. The molecule has 0 saturated carbocycles. The molecule has 0 aromatic heterocycles. The molecule has 0 aliphatic carbocycles. The zero-order chi connectivity index (χ0) is 13.5. The Labute approximate surface area is 116 Å². The molecule has 0 amide bonds. The maximum absolute atomic E-state index is 5.89. The average Bonchev–Trinajstić information content (AvgIpc) is 2.44. The van der Waals surface area contributed by atoms with E-state index in [0.717, 1.165) is 17.1 Å². The van der Waals surface area contributed by atoms with E-state index in [2.05, 4.69) is 44.2 Å². The summed E-state index contributed by atoms with van der Waals surface area (Å²) in [6.07, 6.45) is 5.02. The van der Waals surface area contributed by atoms with Crippen molar-refractivity contribution in [3.8, 4) is 11.5 Å². The first kappa shape index (κ1) is 13.7. The molecule has 0 unspecified atom stereocenters. The van der Waals surface area contributed by atoms with Crippen molar-refractivity contribution in [2.75, 3.05) is 0 Å². The zero-order valence-electron chi connectivity index (χ0n) is 11.9. The summed E-state index contributed by atoms with van der Waals surface area (Å²) < 4.78 is 5.89. The Morgan fingerprint density at radius 3 is 2.32 bits per heavy atom. The summed E-state index contributed by atoms with van der Waals surface area (Å²) in [6, 6.07) is 16.6. The lowest BCUT2D eigenvalue weighted by Crippen LogP contribution is -1.89. The molecule has 0 saturated heterocycles. The van der Waals surface area contributed by atoms with E-state index >= 15 is 0 Å². The Hall–Kier alpha value is -1.76. The number of hydrogen-bond donors (Lipinski definition) is 0. The summed E-state index contributed by atoms with van der Waals surface area (Å²) >= 11 is 0. The van der Waals surface area contributed by atoms with E-state index in [9.17, 15) is 0 Å². The van der Waals surface area contributed by atoms with E-state index in [1.54, 1.807) is 0 Å². The second-order valence-corrected chi connectivity index (χ2v) is 4.97. The normalized spacial score (nSPS) is 10.4. The summed E-state index contributed by atoms with van der Waals surface area (Å²) in [5.74, 6) is 1.84. The van der Waals surface area contributed by atoms with Crippen LogP contribution >= 0.6 is 0 Å². The van der Waals surface area contributed by atoms with Gasteiger partial charge < -0.3 is 4.74 Å². The molecule has 2 rings (SSSR count). The molecule has 2 aromatic carbocycles. The summed E-state index contributed by atoms with van der Waals surface area (Å²) in [5.41, 5.74) is 2.56. The molecule has 2 aromatic rings. The van der Waals surface area contributed by atoms with Crippen LogP contribution in [0.5, 0.6) is 11.5 Å². The summed E-state index contributed by atoms with van der Waals surface area (Å²) in [4.78, 5) is 0. The van der Waals surface area contributed by atoms with Gasteiger partial charge in [0, 0.05) is 0 Å². The minimum absolute atomic E-state index is 0.911. The molecule has 0 aliphatic rings. The first-order valence-electron chi connectivity index (χ1n) is 7.12. The predicted octanol–water partition coefficient (Wildman–Crippen LogP) is 5.52. The van der Waals surface area contributed by atoms with Gasteiger partial charge in [0.15, 0.2) is 0 Å². The Morgan fingerprint density at radius 1 is 0.895 bits per heavy atom. The van der Waals surface area contributed by atoms with Crippen molar-refractivity contribution in [2.45, 2.75) is 39.5 Å². The summed E-state index contributed by atoms with van der Waals surface area (Å²) in [6.45, 7) is 4.30. The fourth-order valence-electron chi connectivity index (χ4n) is 2.10. The Morgan fingerprint density at radius 2 is 1.63 bits per heavy atom. The summed E-state index contributed by atoms with van der Waals surface area (Å²) in [7, 11) is 0. The highest BCUT2D eigenvalue weighted by Gasteiger charge is 2.00. The van der Waals surface area contributed by atoms with Crippen molar-refractivity contribution in [1.29, 1.82) is 0 Å². The molecule has 0 spiro atoms. The number of rotatable bonds is 6. The van der Waals surface area contributed by atoms with Crippen molar-refractivity contribution in [3.05, 3.63) is 59.7 Å². The van der Waals surface area contributed by atoms with Crippen LogP contribution in [0.4, 0.5) is 0 Å². The number of para-hydroxylation sites is 1. The van der Waals surface area contributed by atoms with Crippen LogP contribution in [0, 0.1) is 6.92 Å². The maximum atomic E-state index is 5.89. The van der Waals surface area contributed by atoms with Crippen molar-refractivity contribution in [3.63, 3.8) is 0 Å². The van der Waals surface area contributed by atoms with Crippen LogP contribution in [0.15, 0.2) is 48.5 Å². The molecule has 19 heavy (non-hydrogen) atoms. The van der Waals surface area contributed by atoms with Gasteiger partial charge in [0.2, 0.25) is 0 Å². The van der Waals surface area contributed by atoms with Crippen molar-refractivity contribution < 1.29 is 4.74 Å². The Kier molecular flexibility index (Phi) is 5.02. The van der Waals surface area contributed by atoms with Gasteiger partial charge in [-0.2, -0.15) is 0 Å². The van der Waals surface area contributed by atoms with Gasteiger partial charge in [-0.1, -0.05) is 50.1 Å². The van der Waals surface area contributed by atoms with E-state index in [-0.39, 0.29) is 0 Å². The standard InChI is InChI=1S/C18H22O/c1-3-4-5-9-16-11-13-17(14-12-16)19-18-10-7-6-8-15(18)2/h6-8,10-14H,3-5,9H2,1-2H3. The Balaban J connectivity index is 1.97. The van der Waals surface area contributed by atoms with E-state index in [0.29, 0.717) is 0 Å². The van der Waals surface area contributed by atoms with Crippen LogP contribution in [-0.4, -0.2) is 0 Å². The number of unbranched alkanes of at least 4 members (excludes halogenated alkanes) is 2. The van der Waals surface area contributed by atoms with Gasteiger partial charge in [-0.3, -0.25) is 0 Å². The monoisotopic (exact) mass is 254 g/mol. The second kappa shape index (κ2) is 6.98. The molecule has 0 N–H and O–H groups in total. The highest BCUT2D eigenvalue weighted by molar-refractivity contribution is 5.37. The lowest BCUT2D eigenvalue weighted by Gasteiger charge is -2.09. The first-order valence-corrected chi connectivity index (χ1v) is 7.12. The maximum Gasteiger partial charge on any atom is 0.130 e. The molecule has 0 aliphatic heterocycles. The van der Waals surface area contributed by atoms with Gasteiger partial charge >= 0.3 is 0 Å². The van der Waals surface area contributed by atoms with Gasteiger partial charge in [0.1, 0.15) is 11.5 Å². The second-order valence-electron chi connectivity index (χ2n) is 4.97. The number of hydrogen-bond acceptors (Lipinski definition) is 1. The topological polar surface area (TPSA) is 9.23 Å². The molecule has 0 bridgehead atoms. The van der Waals surface area contributed by atoms with E-state index in [1.807, 2.05) is 18.2 Å². The van der Waals surface area contributed by atoms with E-state index in [4.69, 9.17) is 4.74 Å². The molecular weight excluding hydrogens is 232 g/mol. The molecule has 100 valence electrons. The molecule has 0 fully saturated rings. The molecule has 1 nitrogen and oxygen atoms in total. The third-order valence-electron chi connectivity index (χ3n) is 3.31. The zero-order valence-corrected chi connectivity index (χ0v) is 11.9. The van der Waals surface area contributed by atoms with E-state index < -0.39 is 0 Å². The number of ether oxygens (including phenoxy) is 1. The molecule has 0 heterocycles. The molecular formula is C18H22O. The van der Waals surface area contributed by atoms with E-state index in [1.165, 1.54) is 31.2 Å². The van der Waals surface area contributed by atoms with Crippen LogP contribution in [0.2, 0.25) is 0 Å². The van der Waals surface area contributed by atoms with Crippen LogP contribution in [0.3, 0.4) is 0 Å². The van der Waals surface area contributed by atoms with Crippen molar-refractivity contribution in [2.24, 2.45) is 0 Å². The fourth-order valence-corrected chi connectivity index (χ4v) is 2.10. The minimum Gasteiger partial charge on any atom is -0.457 e. The van der Waals surface area contributed by atoms with Crippen LogP contribution in [0.25, 0.3) is 0 Å². The summed E-state index contributed by atoms with van der Waals surface area (Å²) in [5, 5.41) is 0. The SMILES string of the molecule is CCCCCc1ccc(Oc2ccccc2C)cc1. The smallest absolute Gasteiger partial charge is 0.130 e. The molecule has 0 radical (unpaired) electrons. The number of benzene rings is 2. The highest BCUT2D eigenvalue weighted by Crippen LogP contribution is 2.24. The number of aryl methyl sites for hydroxylation is 2. The van der Waals surface area contributed by atoms with Crippen LogP contribution in [-0.2, 0) is 6.42 Å². The molecule has 0 atom stereocenters. The Bertz CT molecular complexity index is 499. The van der Waals surface area contributed by atoms with Gasteiger partial charge in [0.05, 0.1) is 0 Å². The van der Waals surface area contributed by atoms with Crippen LogP contribution < -0.4 is 4.74 Å². The van der Waals surface area contributed by atoms with Gasteiger partial charge in [-0.15, -0.1) is 0 Å². The highest BCUT2D eigenvalue weighted by atomic mass is 16.5.